The quantitative estimate of drug-likeness (QED) is 0.518. The number of nitrogens with zero attached hydrogens (tertiary/aromatic N) is 2. The van der Waals surface area contributed by atoms with Crippen molar-refractivity contribution in [2.45, 2.75) is 33.2 Å². The van der Waals surface area contributed by atoms with Crippen LogP contribution in [0.15, 0.2) is 62.9 Å². The van der Waals surface area contributed by atoms with Gasteiger partial charge in [0.1, 0.15) is 0 Å². The van der Waals surface area contributed by atoms with Crippen LogP contribution in [0.2, 0.25) is 0 Å². The van der Waals surface area contributed by atoms with Gasteiger partial charge in [0.2, 0.25) is 0 Å². The van der Waals surface area contributed by atoms with Gasteiger partial charge in [0.25, 0.3) is 5.91 Å². The second kappa shape index (κ2) is 8.08. The number of amidine groups is 1. The van der Waals surface area contributed by atoms with Gasteiger partial charge >= 0.3 is 0 Å². The first-order chi connectivity index (χ1) is 14.3. The summed E-state index contributed by atoms with van der Waals surface area (Å²) in [7, 11) is 0. The summed E-state index contributed by atoms with van der Waals surface area (Å²) >= 11 is 4.79. The van der Waals surface area contributed by atoms with E-state index < -0.39 is 0 Å². The third-order valence-corrected chi connectivity index (χ3v) is 6.76. The normalized spacial score (nSPS) is 20.4. The van der Waals surface area contributed by atoms with E-state index >= 15 is 0 Å². The van der Waals surface area contributed by atoms with Crippen LogP contribution in [0.5, 0.6) is 0 Å². The number of thioether (sulfide) groups is 1. The molecule has 6 heteroatoms. The highest BCUT2D eigenvalue weighted by molar-refractivity contribution is 9.10. The Balaban J connectivity index is 1.62. The van der Waals surface area contributed by atoms with Gasteiger partial charge in [-0.15, -0.1) is 0 Å². The fraction of sp³-hybridized carbons (Fsp3) is 0.250. The van der Waals surface area contributed by atoms with Crippen molar-refractivity contribution in [1.29, 1.82) is 0 Å². The third kappa shape index (κ3) is 4.12. The number of hydrogen-bond acceptors (Lipinski definition) is 4. The van der Waals surface area contributed by atoms with Gasteiger partial charge in [-0.3, -0.25) is 4.79 Å². The molecule has 2 aliphatic rings. The number of hydrogen-bond donors (Lipinski definition) is 1. The van der Waals surface area contributed by atoms with Crippen LogP contribution in [-0.2, 0) is 4.79 Å². The van der Waals surface area contributed by atoms with Gasteiger partial charge in [0.15, 0.2) is 5.17 Å². The summed E-state index contributed by atoms with van der Waals surface area (Å²) in [6.45, 7) is 9.76. The summed E-state index contributed by atoms with van der Waals surface area (Å²) in [5.74, 6) is -0.114. The monoisotopic (exact) mass is 481 g/mol. The molecule has 1 saturated heterocycles. The molecule has 2 aliphatic heterocycles. The molecule has 0 spiro atoms. The molecule has 0 saturated carbocycles. The first-order valence-electron chi connectivity index (χ1n) is 9.93. The molecule has 0 aliphatic carbocycles. The first kappa shape index (κ1) is 20.9. The molecule has 1 amide bonds. The fourth-order valence-corrected chi connectivity index (χ4v) is 5.14. The summed E-state index contributed by atoms with van der Waals surface area (Å²) in [6.07, 6.45) is 4.25. The Labute approximate surface area is 190 Å². The number of likely N-dealkylation sites (N-methyl/N-ethyl adjacent to an activating group) is 1. The third-order valence-electron chi connectivity index (χ3n) is 5.32. The van der Waals surface area contributed by atoms with Crippen LogP contribution in [0, 0.1) is 0 Å². The van der Waals surface area contributed by atoms with Crippen LogP contribution in [0.4, 0.5) is 11.4 Å². The van der Waals surface area contributed by atoms with E-state index in [1.165, 1.54) is 28.6 Å². The number of amides is 1. The number of rotatable bonds is 3. The molecule has 0 aromatic heterocycles. The minimum Gasteiger partial charge on any atom is -0.363 e. The smallest absolute Gasteiger partial charge is 0.264 e. The number of halogens is 1. The number of anilines is 1. The maximum absolute atomic E-state index is 12.5. The maximum atomic E-state index is 12.5. The summed E-state index contributed by atoms with van der Waals surface area (Å²) < 4.78 is 0.997. The summed E-state index contributed by atoms with van der Waals surface area (Å²) in [5.41, 5.74) is 5.54. The van der Waals surface area contributed by atoms with Crippen LogP contribution >= 0.6 is 27.7 Å². The Morgan fingerprint density at radius 2 is 1.93 bits per heavy atom. The molecular weight excluding hydrogens is 458 g/mol. The van der Waals surface area contributed by atoms with E-state index in [1.54, 1.807) is 0 Å². The lowest BCUT2D eigenvalue weighted by atomic mass is 9.88. The predicted molar refractivity (Wildman–Crippen MR) is 132 cm³/mol. The lowest BCUT2D eigenvalue weighted by molar-refractivity contribution is -0.115. The van der Waals surface area contributed by atoms with E-state index in [0.29, 0.717) is 10.1 Å². The topological polar surface area (TPSA) is 44.7 Å². The first-order valence-corrected chi connectivity index (χ1v) is 11.5. The van der Waals surface area contributed by atoms with Gasteiger partial charge in [-0.05, 0) is 93.1 Å². The molecule has 2 aromatic carbocycles. The van der Waals surface area contributed by atoms with E-state index in [2.05, 4.69) is 83.1 Å². The number of fused-ring (bicyclic) bond motifs is 1. The summed E-state index contributed by atoms with van der Waals surface area (Å²) in [5, 5.41) is 3.46. The number of aliphatic imine (C=N–C) groups is 1. The molecule has 0 unspecified atom stereocenters. The van der Waals surface area contributed by atoms with Crippen molar-refractivity contribution >= 4 is 61.8 Å². The Morgan fingerprint density at radius 3 is 2.63 bits per heavy atom. The van der Waals surface area contributed by atoms with Gasteiger partial charge < -0.3 is 10.2 Å². The van der Waals surface area contributed by atoms with E-state index in [1.807, 2.05) is 30.3 Å². The SMILES string of the molecule is CCN1c2ccc(/C=C3\SC(=Nc4ccc(Br)cc4)NC3=O)cc2C(C)=CC1(C)C. The molecule has 4 nitrogen and oxygen atoms in total. The molecule has 1 fully saturated rings. The van der Waals surface area contributed by atoms with Gasteiger partial charge in [-0.2, -0.15) is 0 Å². The second-order valence-electron chi connectivity index (χ2n) is 7.96. The van der Waals surface area contributed by atoms with Gasteiger partial charge in [0.05, 0.1) is 16.1 Å². The van der Waals surface area contributed by atoms with Crippen molar-refractivity contribution in [3.05, 3.63) is 69.0 Å². The largest absolute Gasteiger partial charge is 0.363 e. The molecule has 30 heavy (non-hydrogen) atoms. The molecule has 0 atom stereocenters. The van der Waals surface area contributed by atoms with Gasteiger partial charge in [-0.25, -0.2) is 4.99 Å². The van der Waals surface area contributed by atoms with Crippen molar-refractivity contribution in [3.63, 3.8) is 0 Å². The van der Waals surface area contributed by atoms with Crippen LogP contribution in [-0.4, -0.2) is 23.2 Å². The Bertz CT molecular complexity index is 1100. The summed E-state index contributed by atoms with van der Waals surface area (Å²) in [4.78, 5) is 20.1. The second-order valence-corrected chi connectivity index (χ2v) is 9.91. The molecule has 154 valence electrons. The standard InChI is InChI=1S/C24H24BrN3OS/c1-5-28-20-11-6-16(12-19(20)15(2)14-24(28,3)4)13-21-22(29)27-23(30-21)26-18-9-7-17(25)8-10-18/h6-14H,5H2,1-4H3,(H,26,27,29)/b21-13-. The fourth-order valence-electron chi connectivity index (χ4n) is 4.03. The number of benzene rings is 2. The number of allylic oxidation sites excluding steroid dienone is 1. The summed E-state index contributed by atoms with van der Waals surface area (Å²) in [6, 6.07) is 14.1. The molecule has 2 aromatic rings. The Kier molecular flexibility index (Phi) is 5.64. The average molecular weight is 482 g/mol. The highest BCUT2D eigenvalue weighted by atomic mass is 79.9. The van der Waals surface area contributed by atoms with Crippen LogP contribution in [0.3, 0.4) is 0 Å². The average Bonchev–Trinajstić information content (AvgIpc) is 3.02. The van der Waals surface area contributed by atoms with Crippen molar-refractivity contribution in [1.82, 2.24) is 5.32 Å². The molecule has 1 N–H and O–H groups in total. The number of nitrogens with one attached hydrogen (secondary N) is 1. The van der Waals surface area contributed by atoms with Crippen LogP contribution in [0.1, 0.15) is 38.8 Å². The maximum Gasteiger partial charge on any atom is 0.264 e. The van der Waals surface area contributed by atoms with Crippen LogP contribution in [0.25, 0.3) is 11.6 Å². The highest BCUT2D eigenvalue weighted by Crippen LogP contribution is 2.39. The predicted octanol–water partition coefficient (Wildman–Crippen LogP) is 6.36. The zero-order valence-electron chi connectivity index (χ0n) is 17.5. The zero-order chi connectivity index (χ0) is 21.5. The lowest BCUT2D eigenvalue weighted by Crippen LogP contribution is -2.44. The number of carbonyl (C=O) groups is 1. The van der Waals surface area contributed by atoms with E-state index in [9.17, 15) is 4.79 Å². The minimum atomic E-state index is -0.114. The van der Waals surface area contributed by atoms with E-state index in [-0.39, 0.29) is 11.4 Å². The Hall–Kier alpha value is -2.31. The molecule has 0 bridgehead atoms. The zero-order valence-corrected chi connectivity index (χ0v) is 19.9. The van der Waals surface area contributed by atoms with Gasteiger partial charge in [-0.1, -0.05) is 28.1 Å². The van der Waals surface area contributed by atoms with Crippen molar-refractivity contribution in [2.24, 2.45) is 4.99 Å². The van der Waals surface area contributed by atoms with Crippen molar-refractivity contribution in [3.8, 4) is 0 Å². The highest BCUT2D eigenvalue weighted by Gasteiger charge is 2.30. The molecule has 4 rings (SSSR count). The molecule has 0 radical (unpaired) electrons. The van der Waals surface area contributed by atoms with E-state index in [4.69, 9.17) is 0 Å². The Morgan fingerprint density at radius 1 is 1.20 bits per heavy atom. The molecule has 2 heterocycles. The van der Waals surface area contributed by atoms with Gasteiger partial charge in [0, 0.05) is 22.3 Å². The van der Waals surface area contributed by atoms with E-state index in [0.717, 1.165) is 22.3 Å². The molecular formula is C24H24BrN3OS. The number of carbonyl (C=O) groups excluding carboxylic acids is 1. The minimum absolute atomic E-state index is 0.00854. The lowest BCUT2D eigenvalue weighted by Gasteiger charge is -2.42. The van der Waals surface area contributed by atoms with Crippen molar-refractivity contribution in [2.75, 3.05) is 11.4 Å². The van der Waals surface area contributed by atoms with Crippen LogP contribution < -0.4 is 10.2 Å². The van der Waals surface area contributed by atoms with Crippen molar-refractivity contribution < 1.29 is 4.79 Å².